The fraction of sp³-hybridized carbons (Fsp3) is 0.519. The zero-order valence-corrected chi connectivity index (χ0v) is 34.6. The van der Waals surface area contributed by atoms with Crippen molar-refractivity contribution in [1.29, 1.82) is 0 Å². The molecule has 38 heavy (non-hydrogen) atoms. The van der Waals surface area contributed by atoms with Crippen molar-refractivity contribution in [3.05, 3.63) is 45.7 Å². The van der Waals surface area contributed by atoms with Crippen molar-refractivity contribution in [2.24, 2.45) is 11.8 Å². The summed E-state index contributed by atoms with van der Waals surface area (Å²) in [7, 11) is 0. The molecule has 0 spiro atoms. The van der Waals surface area contributed by atoms with Crippen molar-refractivity contribution in [3.63, 3.8) is 0 Å². The SMILES string of the molecule is CC(C)CC1CC(C(C)C)OC(CCOc2c(I)cc(I)cc2I)O1.O=CCOc1c(I)cc(I)cc1I. The lowest BCUT2D eigenvalue weighted by Gasteiger charge is -2.38. The molecule has 1 aliphatic rings. The van der Waals surface area contributed by atoms with Crippen LogP contribution < -0.4 is 9.47 Å². The van der Waals surface area contributed by atoms with Crippen LogP contribution in [0.3, 0.4) is 0 Å². The summed E-state index contributed by atoms with van der Waals surface area (Å²) in [6, 6.07) is 8.31. The van der Waals surface area contributed by atoms with E-state index in [4.69, 9.17) is 18.9 Å². The zero-order valence-electron chi connectivity index (χ0n) is 21.6. The minimum absolute atomic E-state index is 0.118. The van der Waals surface area contributed by atoms with Gasteiger partial charge in [-0.1, -0.05) is 27.7 Å². The van der Waals surface area contributed by atoms with Crippen LogP contribution in [0, 0.1) is 33.3 Å². The Kier molecular flexibility index (Phi) is 17.7. The zero-order chi connectivity index (χ0) is 28.4. The Labute approximate surface area is 308 Å². The molecule has 0 bridgehead atoms. The van der Waals surface area contributed by atoms with Gasteiger partial charge in [0, 0.05) is 20.0 Å². The van der Waals surface area contributed by atoms with Crippen molar-refractivity contribution in [2.45, 2.75) is 65.5 Å². The lowest BCUT2D eigenvalue weighted by molar-refractivity contribution is -0.256. The third kappa shape index (κ3) is 12.7. The first-order valence-electron chi connectivity index (χ1n) is 12.2. The number of hydrogen-bond acceptors (Lipinski definition) is 5. The van der Waals surface area contributed by atoms with E-state index in [0.717, 1.165) is 51.3 Å². The number of hydrogen-bond donors (Lipinski definition) is 0. The predicted molar refractivity (Wildman–Crippen MR) is 203 cm³/mol. The van der Waals surface area contributed by atoms with E-state index in [0.29, 0.717) is 24.5 Å². The molecule has 5 nitrogen and oxygen atoms in total. The number of rotatable bonds is 10. The monoisotopic (exact) mass is 1200 g/mol. The van der Waals surface area contributed by atoms with Gasteiger partial charge in [0.2, 0.25) is 0 Å². The van der Waals surface area contributed by atoms with Gasteiger partial charge in [-0.3, -0.25) is 4.79 Å². The van der Waals surface area contributed by atoms with Gasteiger partial charge in [0.05, 0.1) is 33.1 Å². The quantitative estimate of drug-likeness (QED) is 0.176. The molecule has 11 heteroatoms. The Morgan fingerprint density at radius 2 is 1.34 bits per heavy atom. The first-order valence-corrected chi connectivity index (χ1v) is 18.7. The van der Waals surface area contributed by atoms with Crippen LogP contribution in [0.5, 0.6) is 11.5 Å². The summed E-state index contributed by atoms with van der Waals surface area (Å²) in [6.45, 7) is 9.69. The highest BCUT2D eigenvalue weighted by Crippen LogP contribution is 2.32. The molecule has 1 saturated heterocycles. The molecular formula is C27H32I6O5. The highest BCUT2D eigenvalue weighted by molar-refractivity contribution is 14.1. The molecule has 0 saturated carbocycles. The fourth-order valence-electron chi connectivity index (χ4n) is 3.76. The molecule has 0 N–H and O–H groups in total. The van der Waals surface area contributed by atoms with Gasteiger partial charge in [-0.2, -0.15) is 0 Å². The molecule has 3 rings (SSSR count). The maximum Gasteiger partial charge on any atom is 0.161 e. The van der Waals surface area contributed by atoms with Gasteiger partial charge >= 0.3 is 0 Å². The summed E-state index contributed by atoms with van der Waals surface area (Å²) in [5.41, 5.74) is 0. The highest BCUT2D eigenvalue weighted by atomic mass is 127. The molecule has 212 valence electrons. The van der Waals surface area contributed by atoms with Crippen LogP contribution in [0.15, 0.2) is 24.3 Å². The van der Waals surface area contributed by atoms with Crippen LogP contribution in [0.25, 0.3) is 0 Å². The molecule has 0 aromatic heterocycles. The van der Waals surface area contributed by atoms with Gasteiger partial charge in [-0.15, -0.1) is 0 Å². The maximum atomic E-state index is 10.1. The van der Waals surface area contributed by atoms with Gasteiger partial charge in [0.25, 0.3) is 0 Å². The maximum absolute atomic E-state index is 10.1. The Bertz CT molecular complexity index is 1000. The molecule has 3 unspecified atom stereocenters. The molecule has 1 aliphatic heterocycles. The minimum Gasteiger partial charge on any atom is -0.491 e. The van der Waals surface area contributed by atoms with Crippen molar-refractivity contribution in [1.82, 2.24) is 0 Å². The average Bonchev–Trinajstić information content (AvgIpc) is 2.80. The Morgan fingerprint density at radius 1 is 0.842 bits per heavy atom. The van der Waals surface area contributed by atoms with Crippen LogP contribution in [-0.2, 0) is 14.3 Å². The molecule has 0 amide bonds. The number of ether oxygens (including phenoxy) is 4. The second kappa shape index (κ2) is 18.6. The minimum atomic E-state index is -0.163. The Hall–Kier alpha value is 2.01. The number of benzene rings is 2. The van der Waals surface area contributed by atoms with E-state index in [1.807, 2.05) is 12.1 Å². The van der Waals surface area contributed by atoms with Crippen LogP contribution in [-0.4, -0.2) is 38.0 Å². The summed E-state index contributed by atoms with van der Waals surface area (Å²) >= 11 is 13.7. The van der Waals surface area contributed by atoms with Crippen LogP contribution >= 0.6 is 136 Å². The van der Waals surface area contributed by atoms with Crippen molar-refractivity contribution >= 4 is 142 Å². The fourth-order valence-corrected chi connectivity index (χ4v) is 11.6. The van der Waals surface area contributed by atoms with Crippen LogP contribution in [0.1, 0.15) is 47.0 Å². The molecule has 3 atom stereocenters. The second-order valence-corrected chi connectivity index (χ2v) is 16.6. The molecule has 1 heterocycles. The molecule has 0 radical (unpaired) electrons. The second-order valence-electron chi connectivity index (χ2n) is 9.48. The van der Waals surface area contributed by atoms with E-state index in [-0.39, 0.29) is 19.0 Å². The van der Waals surface area contributed by atoms with Crippen LogP contribution in [0.4, 0.5) is 0 Å². The molecule has 0 aliphatic carbocycles. The van der Waals surface area contributed by atoms with Gasteiger partial charge in [0.15, 0.2) is 12.6 Å². The summed E-state index contributed by atoms with van der Waals surface area (Å²) in [6.07, 6.45) is 4.02. The summed E-state index contributed by atoms with van der Waals surface area (Å²) in [5, 5.41) is 0. The molecule has 2 aromatic carbocycles. The van der Waals surface area contributed by atoms with Gasteiger partial charge in [0.1, 0.15) is 18.1 Å². The summed E-state index contributed by atoms with van der Waals surface area (Å²) < 4.78 is 30.5. The van der Waals surface area contributed by atoms with Crippen molar-refractivity contribution in [3.8, 4) is 11.5 Å². The Morgan fingerprint density at radius 3 is 1.79 bits per heavy atom. The summed E-state index contributed by atoms with van der Waals surface area (Å²) in [4.78, 5) is 10.1. The van der Waals surface area contributed by atoms with Gasteiger partial charge < -0.3 is 18.9 Å². The third-order valence-electron chi connectivity index (χ3n) is 5.47. The lowest BCUT2D eigenvalue weighted by Crippen LogP contribution is -2.41. The van der Waals surface area contributed by atoms with Gasteiger partial charge in [-0.05, 0) is 178 Å². The van der Waals surface area contributed by atoms with E-state index >= 15 is 0 Å². The van der Waals surface area contributed by atoms with Crippen molar-refractivity contribution < 1.29 is 23.7 Å². The normalized spacial score (nSPS) is 19.2. The van der Waals surface area contributed by atoms with E-state index in [9.17, 15) is 4.79 Å². The van der Waals surface area contributed by atoms with E-state index in [1.165, 1.54) is 7.14 Å². The summed E-state index contributed by atoms with van der Waals surface area (Å²) in [5.74, 6) is 2.92. The number of halogens is 6. The first kappa shape index (κ1) is 36.2. The van der Waals surface area contributed by atoms with Crippen LogP contribution in [0.2, 0.25) is 0 Å². The molecule has 1 fully saturated rings. The van der Waals surface area contributed by atoms with Crippen molar-refractivity contribution in [2.75, 3.05) is 13.2 Å². The number of carbonyl (C=O) groups excluding carboxylic acids is 1. The number of carbonyl (C=O) groups is 1. The van der Waals surface area contributed by atoms with Gasteiger partial charge in [-0.25, -0.2) is 0 Å². The third-order valence-corrected chi connectivity index (χ3v) is 9.92. The molecular weight excluding hydrogens is 1170 g/mol. The number of aldehydes is 1. The van der Waals surface area contributed by atoms with E-state index < -0.39 is 0 Å². The average molecular weight is 1200 g/mol. The lowest BCUT2D eigenvalue weighted by atomic mass is 9.94. The Balaban J connectivity index is 0.000000328. The van der Waals surface area contributed by atoms with E-state index in [1.54, 1.807) is 0 Å². The topological polar surface area (TPSA) is 54.0 Å². The van der Waals surface area contributed by atoms with E-state index in [2.05, 4.69) is 175 Å². The largest absolute Gasteiger partial charge is 0.491 e. The molecule has 2 aromatic rings. The standard InChI is InChI=1S/C19H27I3O3.C8H5I3O2/c1-11(2)7-14-10-17(12(3)4)25-18(24-14)5-6-23-19-15(21)8-13(20)9-16(19)22;9-5-3-6(10)8(7(11)4-5)13-2-1-12/h8-9,11-12,14,17-18H,5-7,10H2,1-4H3;1,3-4H,2H2. The predicted octanol–water partition coefficient (Wildman–Crippen LogP) is 9.55. The highest BCUT2D eigenvalue weighted by Gasteiger charge is 2.32. The first-order chi connectivity index (χ1) is 17.9. The smallest absolute Gasteiger partial charge is 0.161 e.